The number of hydrogen-bond donors (Lipinski definition) is 3. The fraction of sp³-hybridized carbons (Fsp3) is 0.222. The lowest BCUT2D eigenvalue weighted by atomic mass is 9.99. The molecule has 0 saturated carbocycles. The standard InChI is InChI=1S/C27H28N4O2/c28-21-8-11-24-23(18-21)25(27(32)30-24)26(20-4-2-1-3-5-20)29-22-9-6-19(7-10-22)12-13-31-14-16-33-17-15-31/h1-11,18,29H,12-17,28H2,(H,30,32)/b26-25-. The minimum absolute atomic E-state index is 0.135. The topological polar surface area (TPSA) is 79.6 Å². The van der Waals surface area contributed by atoms with Crippen LogP contribution in [0.25, 0.3) is 11.3 Å². The highest BCUT2D eigenvalue weighted by molar-refractivity contribution is 6.37. The third-order valence-electron chi connectivity index (χ3n) is 6.14. The van der Waals surface area contributed by atoms with E-state index in [4.69, 9.17) is 10.5 Å². The van der Waals surface area contributed by atoms with Crippen molar-refractivity contribution in [2.75, 3.05) is 49.2 Å². The van der Waals surface area contributed by atoms with Crippen LogP contribution in [0.1, 0.15) is 16.7 Å². The van der Waals surface area contributed by atoms with Gasteiger partial charge in [-0.3, -0.25) is 9.69 Å². The molecule has 2 heterocycles. The second-order valence-corrected chi connectivity index (χ2v) is 8.40. The number of nitrogens with zero attached hydrogens (tertiary/aromatic N) is 1. The number of rotatable bonds is 6. The molecule has 6 nitrogen and oxygen atoms in total. The second-order valence-electron chi connectivity index (χ2n) is 8.40. The predicted molar refractivity (Wildman–Crippen MR) is 134 cm³/mol. The van der Waals surface area contributed by atoms with Crippen molar-refractivity contribution in [1.82, 2.24) is 4.90 Å². The first-order valence-corrected chi connectivity index (χ1v) is 11.3. The van der Waals surface area contributed by atoms with E-state index >= 15 is 0 Å². The van der Waals surface area contributed by atoms with Crippen LogP contribution in [-0.4, -0.2) is 43.7 Å². The van der Waals surface area contributed by atoms with Gasteiger partial charge in [0.1, 0.15) is 0 Å². The van der Waals surface area contributed by atoms with Crippen LogP contribution in [0.5, 0.6) is 0 Å². The largest absolute Gasteiger partial charge is 0.399 e. The van der Waals surface area contributed by atoms with E-state index in [9.17, 15) is 4.79 Å². The van der Waals surface area contributed by atoms with Crippen LogP contribution < -0.4 is 16.4 Å². The number of benzene rings is 3. The number of carbonyl (C=O) groups excluding carboxylic acids is 1. The van der Waals surface area contributed by atoms with Crippen LogP contribution in [0.15, 0.2) is 72.8 Å². The van der Waals surface area contributed by atoms with Crippen LogP contribution >= 0.6 is 0 Å². The highest BCUT2D eigenvalue weighted by atomic mass is 16.5. The van der Waals surface area contributed by atoms with Crippen molar-refractivity contribution in [3.8, 4) is 0 Å². The number of anilines is 3. The van der Waals surface area contributed by atoms with E-state index < -0.39 is 0 Å². The molecule has 0 aromatic heterocycles. The molecule has 0 aliphatic carbocycles. The molecule has 0 bridgehead atoms. The van der Waals surface area contributed by atoms with Gasteiger partial charge in [0.05, 0.1) is 24.5 Å². The summed E-state index contributed by atoms with van der Waals surface area (Å²) in [5.74, 6) is -0.135. The molecule has 33 heavy (non-hydrogen) atoms. The first-order chi connectivity index (χ1) is 16.2. The van der Waals surface area contributed by atoms with Gasteiger partial charge in [-0.2, -0.15) is 0 Å². The molecular formula is C27H28N4O2. The third kappa shape index (κ3) is 4.77. The number of nitrogens with two attached hydrogens (primary N) is 1. The van der Waals surface area contributed by atoms with Crippen LogP contribution in [0.4, 0.5) is 17.1 Å². The van der Waals surface area contributed by atoms with Crippen LogP contribution in [0.3, 0.4) is 0 Å². The average Bonchev–Trinajstić information content (AvgIpc) is 3.18. The summed E-state index contributed by atoms with van der Waals surface area (Å²) in [4.78, 5) is 15.4. The smallest absolute Gasteiger partial charge is 0.258 e. The van der Waals surface area contributed by atoms with E-state index in [0.29, 0.717) is 11.3 Å². The molecule has 3 aromatic carbocycles. The van der Waals surface area contributed by atoms with E-state index in [1.165, 1.54) is 5.56 Å². The maximum Gasteiger partial charge on any atom is 0.258 e. The highest BCUT2D eigenvalue weighted by Crippen LogP contribution is 2.38. The molecule has 4 N–H and O–H groups in total. The summed E-state index contributed by atoms with van der Waals surface area (Å²) in [6, 6.07) is 23.9. The van der Waals surface area contributed by atoms with Gasteiger partial charge in [0.2, 0.25) is 0 Å². The van der Waals surface area contributed by atoms with Gasteiger partial charge in [-0.1, -0.05) is 42.5 Å². The molecule has 0 atom stereocenters. The number of morpholine rings is 1. The summed E-state index contributed by atoms with van der Waals surface area (Å²) < 4.78 is 5.43. The Balaban J connectivity index is 1.42. The Morgan fingerprint density at radius 2 is 1.76 bits per heavy atom. The fourth-order valence-corrected chi connectivity index (χ4v) is 4.33. The van der Waals surface area contributed by atoms with Crippen molar-refractivity contribution < 1.29 is 9.53 Å². The number of amides is 1. The molecule has 5 rings (SSSR count). The molecule has 3 aromatic rings. The zero-order valence-electron chi connectivity index (χ0n) is 18.5. The van der Waals surface area contributed by atoms with E-state index in [1.54, 1.807) is 6.07 Å². The third-order valence-corrected chi connectivity index (χ3v) is 6.14. The quantitative estimate of drug-likeness (QED) is 0.398. The van der Waals surface area contributed by atoms with Gasteiger partial charge >= 0.3 is 0 Å². The number of hydrogen-bond acceptors (Lipinski definition) is 5. The van der Waals surface area contributed by atoms with E-state index in [-0.39, 0.29) is 5.91 Å². The lowest BCUT2D eigenvalue weighted by Gasteiger charge is -2.26. The van der Waals surface area contributed by atoms with Gasteiger partial charge in [0, 0.05) is 42.3 Å². The van der Waals surface area contributed by atoms with Gasteiger partial charge in [-0.25, -0.2) is 0 Å². The van der Waals surface area contributed by atoms with Crippen molar-refractivity contribution in [3.63, 3.8) is 0 Å². The Bertz CT molecular complexity index is 1170. The lowest BCUT2D eigenvalue weighted by molar-refractivity contribution is -0.110. The molecule has 1 saturated heterocycles. The van der Waals surface area contributed by atoms with E-state index in [0.717, 1.165) is 67.5 Å². The summed E-state index contributed by atoms with van der Waals surface area (Å²) in [5, 5.41) is 6.47. The summed E-state index contributed by atoms with van der Waals surface area (Å²) >= 11 is 0. The summed E-state index contributed by atoms with van der Waals surface area (Å²) in [6.07, 6.45) is 1.00. The van der Waals surface area contributed by atoms with Crippen molar-refractivity contribution in [2.45, 2.75) is 6.42 Å². The van der Waals surface area contributed by atoms with Gasteiger partial charge in [0.25, 0.3) is 5.91 Å². The molecular weight excluding hydrogens is 412 g/mol. The normalized spacial score (nSPS) is 17.4. The molecule has 1 amide bonds. The molecule has 1 fully saturated rings. The Morgan fingerprint density at radius 3 is 2.52 bits per heavy atom. The SMILES string of the molecule is Nc1ccc2c(c1)/C(=C(/Nc1ccc(CCN3CCOCC3)cc1)c1ccccc1)C(=O)N2. The molecule has 2 aliphatic rings. The Labute approximate surface area is 194 Å². The molecule has 0 radical (unpaired) electrons. The molecule has 168 valence electrons. The number of nitrogens with one attached hydrogen (secondary N) is 2. The number of ether oxygens (including phenoxy) is 1. The van der Waals surface area contributed by atoms with Crippen LogP contribution in [0.2, 0.25) is 0 Å². The van der Waals surface area contributed by atoms with Gasteiger partial charge in [-0.15, -0.1) is 0 Å². The van der Waals surface area contributed by atoms with Crippen LogP contribution in [-0.2, 0) is 16.0 Å². The van der Waals surface area contributed by atoms with Crippen molar-refractivity contribution in [3.05, 3.63) is 89.5 Å². The molecule has 0 spiro atoms. The Hall–Kier alpha value is -3.61. The minimum Gasteiger partial charge on any atom is -0.399 e. The molecule has 2 aliphatic heterocycles. The maximum absolute atomic E-state index is 13.0. The van der Waals surface area contributed by atoms with Gasteiger partial charge < -0.3 is 21.1 Å². The summed E-state index contributed by atoms with van der Waals surface area (Å²) in [7, 11) is 0. The Kier molecular flexibility index (Phi) is 6.11. The first-order valence-electron chi connectivity index (χ1n) is 11.3. The number of nitrogen functional groups attached to an aromatic ring is 1. The highest BCUT2D eigenvalue weighted by Gasteiger charge is 2.28. The van der Waals surface area contributed by atoms with Gasteiger partial charge in [0.15, 0.2) is 0 Å². The number of fused-ring (bicyclic) bond motifs is 1. The van der Waals surface area contributed by atoms with Crippen molar-refractivity contribution in [1.29, 1.82) is 0 Å². The van der Waals surface area contributed by atoms with Crippen molar-refractivity contribution >= 4 is 34.2 Å². The summed E-state index contributed by atoms with van der Waals surface area (Å²) in [5.41, 5.74) is 12.8. The average molecular weight is 441 g/mol. The first kappa shape index (κ1) is 21.2. The minimum atomic E-state index is -0.135. The fourth-order valence-electron chi connectivity index (χ4n) is 4.33. The second kappa shape index (κ2) is 9.48. The van der Waals surface area contributed by atoms with E-state index in [2.05, 4.69) is 39.8 Å². The molecule has 0 unspecified atom stereocenters. The predicted octanol–water partition coefficient (Wildman–Crippen LogP) is 4.08. The van der Waals surface area contributed by atoms with Crippen LogP contribution in [0, 0.1) is 0 Å². The zero-order chi connectivity index (χ0) is 22.6. The summed E-state index contributed by atoms with van der Waals surface area (Å²) in [6.45, 7) is 4.68. The van der Waals surface area contributed by atoms with Gasteiger partial charge in [-0.05, 0) is 47.9 Å². The Morgan fingerprint density at radius 1 is 1.00 bits per heavy atom. The number of carbonyl (C=O) groups is 1. The molecule has 6 heteroatoms. The van der Waals surface area contributed by atoms with Crippen molar-refractivity contribution in [2.24, 2.45) is 0 Å². The monoisotopic (exact) mass is 440 g/mol. The van der Waals surface area contributed by atoms with E-state index in [1.807, 2.05) is 42.5 Å². The maximum atomic E-state index is 13.0. The zero-order valence-corrected chi connectivity index (χ0v) is 18.5. The lowest BCUT2D eigenvalue weighted by Crippen LogP contribution is -2.37.